The molecule has 120 valence electrons. The van der Waals surface area contributed by atoms with Crippen molar-refractivity contribution in [3.63, 3.8) is 0 Å². The van der Waals surface area contributed by atoms with E-state index in [1.807, 2.05) is 6.07 Å². The Morgan fingerprint density at radius 3 is 1.67 bits per heavy atom. The predicted octanol–water partition coefficient (Wildman–Crippen LogP) is 6.12. The van der Waals surface area contributed by atoms with E-state index >= 15 is 0 Å². The zero-order chi connectivity index (χ0) is 16.0. The van der Waals surface area contributed by atoms with Crippen molar-refractivity contribution in [3.05, 3.63) is 30.1 Å². The summed E-state index contributed by atoms with van der Waals surface area (Å²) in [4.78, 5) is 0. The van der Waals surface area contributed by atoms with Gasteiger partial charge in [-0.15, -0.1) is 0 Å². The first-order valence-corrected chi connectivity index (χ1v) is 10.7. The molecule has 1 aromatic carbocycles. The number of hydrogen-bond acceptors (Lipinski definition) is 1. The molecule has 0 heterocycles. The molecule has 1 nitrogen and oxygen atoms in total. The van der Waals surface area contributed by atoms with Crippen molar-refractivity contribution in [2.45, 2.75) is 59.7 Å². The highest BCUT2D eigenvalue weighted by molar-refractivity contribution is 6.74. The summed E-state index contributed by atoms with van der Waals surface area (Å²) in [6, 6.07) is 10.1. The fourth-order valence-electron chi connectivity index (χ4n) is 3.37. The van der Waals surface area contributed by atoms with Crippen LogP contribution >= 0.6 is 0 Å². The summed E-state index contributed by atoms with van der Waals surface area (Å²) in [5.74, 6) is 1.97. The van der Waals surface area contributed by atoms with Gasteiger partial charge in [0.05, 0.1) is 0 Å². The van der Waals surface area contributed by atoms with E-state index in [4.69, 9.17) is 4.43 Å². The van der Waals surface area contributed by atoms with Crippen LogP contribution in [0.2, 0.25) is 18.1 Å². The molecule has 0 radical (unpaired) electrons. The van der Waals surface area contributed by atoms with Crippen LogP contribution in [0.15, 0.2) is 24.3 Å². The lowest BCUT2D eigenvalue weighted by molar-refractivity contribution is 0.445. The summed E-state index contributed by atoms with van der Waals surface area (Å²) < 4.78 is 20.5. The van der Waals surface area contributed by atoms with Crippen LogP contribution in [0.25, 0.3) is 0 Å². The second kappa shape index (κ2) is 7.97. The third-order valence-corrected chi connectivity index (χ3v) is 8.84. The standard InChI is InChI=1S/C18H31FOSi/c1-14(2)11-21(12-15(3)4,13-16(5)6)20-18-10-8-7-9-17(18)19/h7-10,14-16H,11-13H2,1-6H3. The molecule has 0 unspecified atom stereocenters. The highest BCUT2D eigenvalue weighted by Crippen LogP contribution is 2.35. The van der Waals surface area contributed by atoms with Gasteiger partial charge in [-0.25, -0.2) is 4.39 Å². The molecule has 3 heteroatoms. The number of hydrogen-bond donors (Lipinski definition) is 0. The quantitative estimate of drug-likeness (QED) is 0.526. The Hall–Kier alpha value is -0.833. The molecular formula is C18H31FOSi. The molecule has 1 aromatic rings. The van der Waals surface area contributed by atoms with Gasteiger partial charge in [0.15, 0.2) is 5.82 Å². The highest BCUT2D eigenvalue weighted by atomic mass is 28.4. The van der Waals surface area contributed by atoms with E-state index in [0.717, 1.165) is 18.1 Å². The molecule has 0 aliphatic rings. The van der Waals surface area contributed by atoms with Gasteiger partial charge in [0.2, 0.25) is 0 Å². The number of halogens is 1. The number of rotatable bonds is 8. The molecule has 0 bridgehead atoms. The Kier molecular flexibility index (Phi) is 6.92. The summed E-state index contributed by atoms with van der Waals surface area (Å²) in [6.45, 7) is 13.5. The molecule has 0 amide bonds. The van der Waals surface area contributed by atoms with Gasteiger partial charge in [-0.3, -0.25) is 0 Å². The summed E-state index contributed by atoms with van der Waals surface area (Å²) >= 11 is 0. The van der Waals surface area contributed by atoms with Crippen molar-refractivity contribution in [1.29, 1.82) is 0 Å². The molecule has 1 rings (SSSR count). The van der Waals surface area contributed by atoms with Crippen LogP contribution in [0, 0.1) is 23.6 Å². The minimum absolute atomic E-state index is 0.231. The van der Waals surface area contributed by atoms with Crippen molar-refractivity contribution in [2.75, 3.05) is 0 Å². The third-order valence-electron chi connectivity index (χ3n) is 3.50. The van der Waals surface area contributed by atoms with E-state index in [1.54, 1.807) is 12.1 Å². The van der Waals surface area contributed by atoms with Crippen LogP contribution in [-0.4, -0.2) is 8.32 Å². The Morgan fingerprint density at radius 1 is 0.857 bits per heavy atom. The average Bonchev–Trinajstić information content (AvgIpc) is 2.29. The van der Waals surface area contributed by atoms with Gasteiger partial charge < -0.3 is 4.43 Å². The average molecular weight is 311 g/mol. The van der Waals surface area contributed by atoms with Crippen molar-refractivity contribution in [3.8, 4) is 5.75 Å². The lowest BCUT2D eigenvalue weighted by Gasteiger charge is -2.36. The maximum atomic E-state index is 14.0. The lowest BCUT2D eigenvalue weighted by Crippen LogP contribution is -2.45. The first-order valence-electron chi connectivity index (χ1n) is 8.17. The van der Waals surface area contributed by atoms with Crippen LogP contribution in [-0.2, 0) is 0 Å². The van der Waals surface area contributed by atoms with Gasteiger partial charge in [0.25, 0.3) is 8.32 Å². The van der Waals surface area contributed by atoms with Gasteiger partial charge in [0.1, 0.15) is 5.75 Å². The molecule has 0 atom stereocenters. The molecular weight excluding hydrogens is 279 g/mol. The zero-order valence-corrected chi connectivity index (χ0v) is 15.4. The summed E-state index contributed by atoms with van der Waals surface area (Å²) in [7, 11) is -2.00. The highest BCUT2D eigenvalue weighted by Gasteiger charge is 2.39. The van der Waals surface area contributed by atoms with E-state index < -0.39 is 8.32 Å². The molecule has 0 aliphatic carbocycles. The van der Waals surface area contributed by atoms with Gasteiger partial charge in [-0.2, -0.15) is 0 Å². The topological polar surface area (TPSA) is 9.23 Å². The van der Waals surface area contributed by atoms with E-state index in [0.29, 0.717) is 23.5 Å². The van der Waals surface area contributed by atoms with Crippen molar-refractivity contribution < 1.29 is 8.82 Å². The molecule has 0 spiro atoms. The first-order chi connectivity index (χ1) is 9.74. The fourth-order valence-corrected chi connectivity index (χ4v) is 9.21. The lowest BCUT2D eigenvalue weighted by atomic mass is 10.2. The number of benzene rings is 1. The summed E-state index contributed by atoms with van der Waals surface area (Å²) in [6.07, 6.45) is 0. The fraction of sp³-hybridized carbons (Fsp3) is 0.667. The monoisotopic (exact) mass is 310 g/mol. The summed E-state index contributed by atoms with van der Waals surface area (Å²) in [5.41, 5.74) is 0. The Morgan fingerprint density at radius 2 is 1.29 bits per heavy atom. The largest absolute Gasteiger partial charge is 0.541 e. The smallest absolute Gasteiger partial charge is 0.252 e. The van der Waals surface area contributed by atoms with Crippen molar-refractivity contribution in [2.24, 2.45) is 17.8 Å². The maximum Gasteiger partial charge on any atom is 0.252 e. The Balaban J connectivity index is 3.10. The van der Waals surface area contributed by atoms with Crippen molar-refractivity contribution >= 4 is 8.32 Å². The normalized spacial score (nSPS) is 12.5. The third kappa shape index (κ3) is 6.21. The molecule has 0 aliphatic heterocycles. The Bertz CT molecular complexity index is 402. The van der Waals surface area contributed by atoms with Crippen LogP contribution in [0.4, 0.5) is 4.39 Å². The van der Waals surface area contributed by atoms with E-state index in [1.165, 1.54) is 6.07 Å². The molecule has 0 N–H and O–H groups in total. The molecule has 0 fully saturated rings. The molecule has 0 saturated carbocycles. The van der Waals surface area contributed by atoms with E-state index in [-0.39, 0.29) is 5.82 Å². The maximum absolute atomic E-state index is 14.0. The zero-order valence-electron chi connectivity index (χ0n) is 14.4. The Labute approximate surface area is 131 Å². The summed E-state index contributed by atoms with van der Waals surface area (Å²) in [5, 5.41) is 0. The number of para-hydroxylation sites is 1. The van der Waals surface area contributed by atoms with Gasteiger partial charge in [0, 0.05) is 0 Å². The SMILES string of the molecule is CC(C)C[Si](CC(C)C)(CC(C)C)Oc1ccccc1F. The van der Waals surface area contributed by atoms with Crippen molar-refractivity contribution in [1.82, 2.24) is 0 Å². The second-order valence-corrected chi connectivity index (χ2v) is 11.3. The van der Waals surface area contributed by atoms with Crippen LogP contribution < -0.4 is 4.43 Å². The van der Waals surface area contributed by atoms with Crippen LogP contribution in [0.3, 0.4) is 0 Å². The predicted molar refractivity (Wildman–Crippen MR) is 91.7 cm³/mol. The van der Waals surface area contributed by atoms with Crippen LogP contribution in [0.5, 0.6) is 5.75 Å². The minimum atomic E-state index is -2.00. The molecule has 0 aromatic heterocycles. The van der Waals surface area contributed by atoms with Gasteiger partial charge in [-0.05, 0) is 48.0 Å². The first kappa shape index (κ1) is 18.2. The van der Waals surface area contributed by atoms with Gasteiger partial charge in [-0.1, -0.05) is 53.7 Å². The minimum Gasteiger partial charge on any atom is -0.541 e. The van der Waals surface area contributed by atoms with Crippen LogP contribution in [0.1, 0.15) is 41.5 Å². The molecule has 21 heavy (non-hydrogen) atoms. The van der Waals surface area contributed by atoms with E-state index in [9.17, 15) is 4.39 Å². The van der Waals surface area contributed by atoms with E-state index in [2.05, 4.69) is 41.5 Å². The van der Waals surface area contributed by atoms with Gasteiger partial charge >= 0.3 is 0 Å². The second-order valence-electron chi connectivity index (χ2n) is 7.51. The molecule has 0 saturated heterocycles.